The van der Waals surface area contributed by atoms with E-state index < -0.39 is 5.82 Å². The number of hydrogen-bond donors (Lipinski definition) is 1. The number of rotatable bonds is 2. The maximum atomic E-state index is 13.7. The molecule has 0 amide bonds. The monoisotopic (exact) mass is 249 g/mol. The van der Waals surface area contributed by atoms with Crippen molar-refractivity contribution in [2.45, 2.75) is 18.9 Å². The molecule has 1 aromatic heterocycles. The Labute approximate surface area is 103 Å². The van der Waals surface area contributed by atoms with E-state index in [1.54, 1.807) is 6.07 Å². The summed E-state index contributed by atoms with van der Waals surface area (Å²) in [5, 5.41) is 3.82. The van der Waals surface area contributed by atoms with Crippen LogP contribution in [-0.2, 0) is 4.74 Å². The number of ether oxygens (including phenoxy) is 1. The fraction of sp³-hybridized carbons (Fsp3) is 0.333. The number of benzene rings is 1. The largest absolute Gasteiger partial charge is 0.398 e. The first-order valence-corrected chi connectivity index (χ1v) is 5.75. The molecule has 1 unspecified atom stereocenters. The molecule has 1 atom stereocenters. The first-order valence-electron chi connectivity index (χ1n) is 5.75. The Balaban J connectivity index is 1.97. The molecular formula is C12H12FN3O2. The van der Waals surface area contributed by atoms with Gasteiger partial charge in [-0.3, -0.25) is 0 Å². The summed E-state index contributed by atoms with van der Waals surface area (Å²) in [7, 11) is 0. The van der Waals surface area contributed by atoms with Gasteiger partial charge in [0.05, 0.1) is 5.56 Å². The molecule has 0 radical (unpaired) electrons. The van der Waals surface area contributed by atoms with Gasteiger partial charge in [0, 0.05) is 12.3 Å². The lowest BCUT2D eigenvalue weighted by Gasteiger charge is -2.02. The SMILES string of the molecule is Nc1cccc(F)c1-c1nc(C2CCCO2)no1. The summed E-state index contributed by atoms with van der Waals surface area (Å²) >= 11 is 0. The molecule has 2 N–H and O–H groups in total. The number of nitrogens with zero attached hydrogens (tertiary/aromatic N) is 2. The molecule has 6 heteroatoms. The van der Waals surface area contributed by atoms with Crippen LogP contribution >= 0.6 is 0 Å². The molecule has 0 bridgehead atoms. The van der Waals surface area contributed by atoms with Crippen LogP contribution in [-0.4, -0.2) is 16.7 Å². The van der Waals surface area contributed by atoms with Crippen LogP contribution in [0.4, 0.5) is 10.1 Å². The van der Waals surface area contributed by atoms with E-state index in [0.717, 1.165) is 12.8 Å². The van der Waals surface area contributed by atoms with Crippen LogP contribution in [0.25, 0.3) is 11.5 Å². The van der Waals surface area contributed by atoms with Crippen molar-refractivity contribution in [1.29, 1.82) is 0 Å². The molecule has 0 spiro atoms. The van der Waals surface area contributed by atoms with E-state index >= 15 is 0 Å². The number of nitrogen functional groups attached to an aromatic ring is 1. The minimum atomic E-state index is -0.474. The third-order valence-corrected chi connectivity index (χ3v) is 2.92. The van der Waals surface area contributed by atoms with Crippen LogP contribution in [0.15, 0.2) is 22.7 Å². The van der Waals surface area contributed by atoms with Gasteiger partial charge in [0.15, 0.2) is 0 Å². The predicted octanol–water partition coefficient (Wildman–Crippen LogP) is 2.31. The van der Waals surface area contributed by atoms with Crippen LogP contribution in [0, 0.1) is 5.82 Å². The first kappa shape index (κ1) is 11.2. The van der Waals surface area contributed by atoms with Crippen molar-refractivity contribution < 1.29 is 13.7 Å². The highest BCUT2D eigenvalue weighted by Gasteiger charge is 2.24. The fourth-order valence-corrected chi connectivity index (χ4v) is 2.01. The Morgan fingerprint density at radius 3 is 3.00 bits per heavy atom. The van der Waals surface area contributed by atoms with Crippen molar-refractivity contribution in [1.82, 2.24) is 10.1 Å². The summed E-state index contributed by atoms with van der Waals surface area (Å²) in [5.41, 5.74) is 6.14. The molecular weight excluding hydrogens is 237 g/mol. The fourth-order valence-electron chi connectivity index (χ4n) is 2.01. The molecule has 1 aromatic carbocycles. The van der Waals surface area contributed by atoms with Crippen molar-refractivity contribution in [3.8, 4) is 11.5 Å². The molecule has 18 heavy (non-hydrogen) atoms. The van der Waals surface area contributed by atoms with Crippen molar-refractivity contribution in [3.05, 3.63) is 29.8 Å². The Bertz CT molecular complexity index is 544. The lowest BCUT2D eigenvalue weighted by molar-refractivity contribution is 0.103. The Morgan fingerprint density at radius 1 is 1.39 bits per heavy atom. The zero-order chi connectivity index (χ0) is 12.5. The smallest absolute Gasteiger partial charge is 0.263 e. The second kappa shape index (κ2) is 4.38. The van der Waals surface area contributed by atoms with E-state index in [0.29, 0.717) is 12.4 Å². The minimum absolute atomic E-state index is 0.0936. The normalized spacial score (nSPS) is 19.3. The number of aromatic nitrogens is 2. The molecule has 5 nitrogen and oxygen atoms in total. The quantitative estimate of drug-likeness (QED) is 0.826. The van der Waals surface area contributed by atoms with Gasteiger partial charge in [0.1, 0.15) is 11.9 Å². The number of anilines is 1. The average Bonchev–Trinajstić information content (AvgIpc) is 2.99. The molecule has 1 aliphatic heterocycles. The average molecular weight is 249 g/mol. The van der Waals surface area contributed by atoms with Gasteiger partial charge in [0.2, 0.25) is 5.82 Å². The van der Waals surface area contributed by atoms with Crippen molar-refractivity contribution in [3.63, 3.8) is 0 Å². The van der Waals surface area contributed by atoms with Gasteiger partial charge in [-0.1, -0.05) is 11.2 Å². The number of nitrogens with two attached hydrogens (primary N) is 1. The summed E-state index contributed by atoms with van der Waals surface area (Å²) in [4.78, 5) is 4.16. The summed E-state index contributed by atoms with van der Waals surface area (Å²) in [5.74, 6) is 0.0683. The second-order valence-corrected chi connectivity index (χ2v) is 4.16. The molecule has 2 heterocycles. The number of hydrogen-bond acceptors (Lipinski definition) is 5. The van der Waals surface area contributed by atoms with Gasteiger partial charge in [-0.25, -0.2) is 4.39 Å². The second-order valence-electron chi connectivity index (χ2n) is 4.16. The van der Waals surface area contributed by atoms with Crippen LogP contribution in [0.2, 0.25) is 0 Å². The highest BCUT2D eigenvalue weighted by molar-refractivity contribution is 5.70. The molecule has 94 valence electrons. The molecule has 0 aliphatic carbocycles. The van der Waals surface area contributed by atoms with E-state index in [4.69, 9.17) is 15.0 Å². The van der Waals surface area contributed by atoms with E-state index in [-0.39, 0.29) is 23.2 Å². The van der Waals surface area contributed by atoms with Gasteiger partial charge in [0.25, 0.3) is 5.89 Å². The third kappa shape index (κ3) is 1.84. The summed E-state index contributed by atoms with van der Waals surface area (Å²) < 4.78 is 24.2. The van der Waals surface area contributed by atoms with Crippen LogP contribution < -0.4 is 5.73 Å². The standard InChI is InChI=1S/C12H12FN3O2/c13-7-3-1-4-8(14)10(7)12-15-11(16-18-12)9-5-2-6-17-9/h1,3-4,9H,2,5-6,14H2. The van der Waals surface area contributed by atoms with Crippen LogP contribution in [0.5, 0.6) is 0 Å². The summed E-state index contributed by atoms with van der Waals surface area (Å²) in [6.45, 7) is 0.691. The molecule has 1 saturated heterocycles. The lowest BCUT2D eigenvalue weighted by Crippen LogP contribution is -1.98. The van der Waals surface area contributed by atoms with Crippen molar-refractivity contribution in [2.75, 3.05) is 12.3 Å². The van der Waals surface area contributed by atoms with Gasteiger partial charge in [-0.15, -0.1) is 0 Å². The lowest BCUT2D eigenvalue weighted by atomic mass is 10.1. The zero-order valence-electron chi connectivity index (χ0n) is 9.60. The molecule has 2 aromatic rings. The van der Waals surface area contributed by atoms with Gasteiger partial charge in [-0.2, -0.15) is 4.98 Å². The van der Waals surface area contributed by atoms with Crippen molar-refractivity contribution in [2.24, 2.45) is 0 Å². The molecule has 1 fully saturated rings. The van der Waals surface area contributed by atoms with Crippen molar-refractivity contribution >= 4 is 5.69 Å². The highest BCUT2D eigenvalue weighted by Crippen LogP contribution is 2.31. The molecule has 1 aliphatic rings. The Morgan fingerprint density at radius 2 is 2.28 bits per heavy atom. The summed E-state index contributed by atoms with van der Waals surface area (Å²) in [6, 6.07) is 4.43. The van der Waals surface area contributed by atoms with Crippen LogP contribution in [0.3, 0.4) is 0 Å². The van der Waals surface area contributed by atoms with Crippen LogP contribution in [0.1, 0.15) is 24.8 Å². The third-order valence-electron chi connectivity index (χ3n) is 2.92. The highest BCUT2D eigenvalue weighted by atomic mass is 19.1. The summed E-state index contributed by atoms with van der Waals surface area (Å²) in [6.07, 6.45) is 1.66. The first-order chi connectivity index (χ1) is 8.75. The van der Waals surface area contributed by atoms with E-state index in [9.17, 15) is 4.39 Å². The zero-order valence-corrected chi connectivity index (χ0v) is 9.60. The Kier molecular flexibility index (Phi) is 2.71. The topological polar surface area (TPSA) is 74.2 Å². The van der Waals surface area contributed by atoms with E-state index in [1.165, 1.54) is 12.1 Å². The predicted molar refractivity (Wildman–Crippen MR) is 62.0 cm³/mol. The van der Waals surface area contributed by atoms with E-state index in [2.05, 4.69) is 10.1 Å². The molecule has 3 rings (SSSR count). The number of halogens is 1. The minimum Gasteiger partial charge on any atom is -0.398 e. The van der Waals surface area contributed by atoms with E-state index in [1.807, 2.05) is 0 Å². The maximum Gasteiger partial charge on any atom is 0.263 e. The van der Waals surface area contributed by atoms with Gasteiger partial charge >= 0.3 is 0 Å². The molecule has 0 saturated carbocycles. The Hall–Kier alpha value is -1.95. The van der Waals surface area contributed by atoms with Gasteiger partial charge < -0.3 is 15.0 Å². The van der Waals surface area contributed by atoms with Gasteiger partial charge in [-0.05, 0) is 25.0 Å². The maximum absolute atomic E-state index is 13.7.